The summed E-state index contributed by atoms with van der Waals surface area (Å²) in [5.74, 6) is -0.132. The summed E-state index contributed by atoms with van der Waals surface area (Å²) in [7, 11) is 0. The summed E-state index contributed by atoms with van der Waals surface area (Å²) in [6, 6.07) is 0. The van der Waals surface area contributed by atoms with Gasteiger partial charge in [0.15, 0.2) is 0 Å². The molecular formula is C8H10ClN3O2. The second kappa shape index (κ2) is 3.57. The monoisotopic (exact) mass is 215 g/mol. The fourth-order valence-corrected chi connectivity index (χ4v) is 1.99. The van der Waals surface area contributed by atoms with E-state index in [0.29, 0.717) is 5.82 Å². The van der Waals surface area contributed by atoms with E-state index in [4.69, 9.17) is 16.7 Å². The number of carbonyl (C=O) groups is 1. The molecule has 2 rings (SSSR count). The van der Waals surface area contributed by atoms with Gasteiger partial charge in [-0.15, -0.1) is 5.10 Å². The lowest BCUT2D eigenvalue weighted by atomic mass is 9.96. The van der Waals surface area contributed by atoms with Crippen molar-refractivity contribution in [3.63, 3.8) is 0 Å². The van der Waals surface area contributed by atoms with Gasteiger partial charge < -0.3 is 5.11 Å². The number of rotatable bonds is 2. The second-order valence-corrected chi connectivity index (χ2v) is 3.74. The maximum absolute atomic E-state index is 10.6. The van der Waals surface area contributed by atoms with Crippen LogP contribution in [0.1, 0.15) is 31.0 Å². The number of nitrogens with zero attached hydrogens (tertiary/aromatic N) is 3. The Morgan fingerprint density at radius 2 is 2.50 bits per heavy atom. The number of aromatic nitrogens is 3. The van der Waals surface area contributed by atoms with Crippen LogP contribution in [0.2, 0.25) is 5.28 Å². The maximum Gasteiger partial charge on any atom is 0.304 e. The summed E-state index contributed by atoms with van der Waals surface area (Å²) in [5, 5.41) is 12.9. The minimum Gasteiger partial charge on any atom is -0.481 e. The largest absolute Gasteiger partial charge is 0.481 e. The Labute approximate surface area is 85.7 Å². The molecule has 2 heterocycles. The fraction of sp³-hybridized carbons (Fsp3) is 0.625. The molecule has 1 aliphatic rings. The molecule has 1 atom stereocenters. The van der Waals surface area contributed by atoms with E-state index >= 15 is 0 Å². The van der Waals surface area contributed by atoms with Crippen molar-refractivity contribution in [3.8, 4) is 0 Å². The van der Waals surface area contributed by atoms with E-state index in [1.54, 1.807) is 4.68 Å². The van der Waals surface area contributed by atoms with Crippen LogP contribution in [-0.4, -0.2) is 25.8 Å². The van der Waals surface area contributed by atoms with Crippen LogP contribution in [0.5, 0.6) is 0 Å². The van der Waals surface area contributed by atoms with Gasteiger partial charge in [0.25, 0.3) is 0 Å². The van der Waals surface area contributed by atoms with Crippen molar-refractivity contribution < 1.29 is 9.90 Å². The lowest BCUT2D eigenvalue weighted by Crippen LogP contribution is -2.19. The molecule has 5 nitrogen and oxygen atoms in total. The van der Waals surface area contributed by atoms with Gasteiger partial charge in [0, 0.05) is 12.5 Å². The molecule has 0 saturated carbocycles. The quantitative estimate of drug-likeness (QED) is 0.807. The van der Waals surface area contributed by atoms with Crippen LogP contribution in [0.3, 0.4) is 0 Å². The Morgan fingerprint density at radius 1 is 1.71 bits per heavy atom. The lowest BCUT2D eigenvalue weighted by molar-refractivity contribution is -0.137. The molecule has 1 unspecified atom stereocenters. The average Bonchev–Trinajstić information content (AvgIpc) is 2.45. The zero-order chi connectivity index (χ0) is 10.1. The molecule has 0 aliphatic carbocycles. The molecule has 6 heteroatoms. The molecule has 1 aromatic rings. The predicted molar refractivity (Wildman–Crippen MR) is 49.3 cm³/mol. The second-order valence-electron chi connectivity index (χ2n) is 3.40. The molecule has 1 aliphatic heterocycles. The van der Waals surface area contributed by atoms with Crippen molar-refractivity contribution in [2.45, 2.75) is 31.7 Å². The van der Waals surface area contributed by atoms with Crippen LogP contribution in [0.25, 0.3) is 0 Å². The summed E-state index contributed by atoms with van der Waals surface area (Å²) < 4.78 is 1.71. The van der Waals surface area contributed by atoms with Gasteiger partial charge in [0.05, 0.1) is 6.42 Å². The topological polar surface area (TPSA) is 68.0 Å². The van der Waals surface area contributed by atoms with Gasteiger partial charge >= 0.3 is 5.97 Å². The summed E-state index contributed by atoms with van der Waals surface area (Å²) in [6.45, 7) is 0.783. The fourth-order valence-electron chi connectivity index (χ4n) is 1.81. The lowest BCUT2D eigenvalue weighted by Gasteiger charge is -2.20. The van der Waals surface area contributed by atoms with Gasteiger partial charge in [-0.1, -0.05) is 0 Å². The molecular weight excluding hydrogens is 206 g/mol. The standard InChI is InChI=1S/C8H10ClN3O2/c9-8-10-7-5(4-6(13)14)2-1-3-12(7)11-8/h5H,1-4H2,(H,13,14). The maximum atomic E-state index is 10.6. The van der Waals surface area contributed by atoms with E-state index in [-0.39, 0.29) is 17.6 Å². The predicted octanol–water partition coefficient (Wildman–Crippen LogP) is 1.28. The summed E-state index contributed by atoms with van der Waals surface area (Å²) in [6.07, 6.45) is 1.89. The first-order valence-electron chi connectivity index (χ1n) is 4.49. The van der Waals surface area contributed by atoms with Crippen LogP contribution in [0.15, 0.2) is 0 Å². The highest BCUT2D eigenvalue weighted by Crippen LogP contribution is 2.28. The molecule has 0 spiro atoms. The summed E-state index contributed by atoms with van der Waals surface area (Å²) in [5.41, 5.74) is 0. The van der Waals surface area contributed by atoms with Crippen LogP contribution >= 0.6 is 11.6 Å². The van der Waals surface area contributed by atoms with E-state index < -0.39 is 5.97 Å². The Morgan fingerprint density at radius 3 is 3.21 bits per heavy atom. The molecule has 0 amide bonds. The third-order valence-corrected chi connectivity index (χ3v) is 2.54. The Kier molecular flexibility index (Phi) is 2.41. The van der Waals surface area contributed by atoms with Crippen molar-refractivity contribution in [1.82, 2.24) is 14.8 Å². The zero-order valence-electron chi connectivity index (χ0n) is 7.48. The normalized spacial score (nSPS) is 20.5. The Bertz CT molecular complexity index is 363. The van der Waals surface area contributed by atoms with E-state index in [2.05, 4.69) is 10.1 Å². The number of aryl methyl sites for hydroxylation is 1. The number of fused-ring (bicyclic) bond motifs is 1. The molecule has 1 aromatic heterocycles. The van der Waals surface area contributed by atoms with Crippen LogP contribution < -0.4 is 0 Å². The SMILES string of the molecule is O=C(O)CC1CCCn2nc(Cl)nc21. The molecule has 0 saturated heterocycles. The molecule has 0 fully saturated rings. The first kappa shape index (κ1) is 9.45. The van der Waals surface area contributed by atoms with E-state index in [1.807, 2.05) is 0 Å². The van der Waals surface area contributed by atoms with Gasteiger partial charge in [-0.05, 0) is 24.4 Å². The van der Waals surface area contributed by atoms with Crippen LogP contribution in [-0.2, 0) is 11.3 Å². The number of halogens is 1. The molecule has 1 N–H and O–H groups in total. The van der Waals surface area contributed by atoms with E-state index in [1.165, 1.54) is 0 Å². The smallest absolute Gasteiger partial charge is 0.304 e. The average molecular weight is 216 g/mol. The summed E-state index contributed by atoms with van der Waals surface area (Å²) in [4.78, 5) is 14.6. The van der Waals surface area contributed by atoms with Gasteiger partial charge in [-0.3, -0.25) is 4.79 Å². The Balaban J connectivity index is 2.25. The number of carboxylic acid groups (broad SMARTS) is 1. The van der Waals surface area contributed by atoms with Crippen LogP contribution in [0, 0.1) is 0 Å². The highest BCUT2D eigenvalue weighted by atomic mass is 35.5. The van der Waals surface area contributed by atoms with Crippen molar-refractivity contribution in [1.29, 1.82) is 0 Å². The van der Waals surface area contributed by atoms with Gasteiger partial charge in [-0.2, -0.15) is 0 Å². The number of carboxylic acids is 1. The van der Waals surface area contributed by atoms with Crippen molar-refractivity contribution >= 4 is 17.6 Å². The number of hydrogen-bond acceptors (Lipinski definition) is 3. The molecule has 0 aromatic carbocycles. The third-order valence-electron chi connectivity index (χ3n) is 2.38. The third kappa shape index (κ3) is 1.72. The van der Waals surface area contributed by atoms with Crippen LogP contribution in [0.4, 0.5) is 0 Å². The van der Waals surface area contributed by atoms with Gasteiger partial charge in [0.1, 0.15) is 5.82 Å². The van der Waals surface area contributed by atoms with Crippen molar-refractivity contribution in [2.24, 2.45) is 0 Å². The summed E-state index contributed by atoms with van der Waals surface area (Å²) >= 11 is 5.66. The molecule has 76 valence electrons. The van der Waals surface area contributed by atoms with Crippen molar-refractivity contribution in [3.05, 3.63) is 11.1 Å². The first-order chi connectivity index (χ1) is 6.66. The molecule has 0 radical (unpaired) electrons. The highest BCUT2D eigenvalue weighted by Gasteiger charge is 2.25. The minimum atomic E-state index is -0.803. The molecule has 14 heavy (non-hydrogen) atoms. The van der Waals surface area contributed by atoms with Crippen molar-refractivity contribution in [2.75, 3.05) is 0 Å². The van der Waals surface area contributed by atoms with E-state index in [9.17, 15) is 4.79 Å². The van der Waals surface area contributed by atoms with E-state index in [0.717, 1.165) is 19.4 Å². The highest BCUT2D eigenvalue weighted by molar-refractivity contribution is 6.28. The Hall–Kier alpha value is -1.10. The zero-order valence-corrected chi connectivity index (χ0v) is 8.24. The van der Waals surface area contributed by atoms with Gasteiger partial charge in [0.2, 0.25) is 5.28 Å². The minimum absolute atomic E-state index is 0.0405. The number of aliphatic carboxylic acids is 1. The first-order valence-corrected chi connectivity index (χ1v) is 4.86. The number of hydrogen-bond donors (Lipinski definition) is 1. The molecule has 0 bridgehead atoms. The van der Waals surface area contributed by atoms with Gasteiger partial charge in [-0.25, -0.2) is 9.67 Å².